The summed E-state index contributed by atoms with van der Waals surface area (Å²) in [5.41, 5.74) is -0.176. The van der Waals surface area contributed by atoms with Crippen LogP contribution in [0.15, 0.2) is 93.6 Å². The highest BCUT2D eigenvalue weighted by Gasteiger charge is 2.24. The normalized spacial score (nSPS) is 11.7. The maximum atomic E-state index is 14.2. The lowest BCUT2D eigenvalue weighted by Gasteiger charge is -2.14. The summed E-state index contributed by atoms with van der Waals surface area (Å²) in [7, 11) is -4.15. The van der Waals surface area contributed by atoms with Gasteiger partial charge in [0.05, 0.1) is 17.0 Å². The molecule has 0 aliphatic rings. The number of pyridine rings is 1. The quantitative estimate of drug-likeness (QED) is 0.507. The van der Waals surface area contributed by atoms with E-state index in [4.69, 9.17) is 0 Å². The maximum Gasteiger partial charge on any atom is 0.211 e. The van der Waals surface area contributed by atoms with Crippen LogP contribution in [0.4, 0.5) is 8.78 Å². The summed E-state index contributed by atoms with van der Waals surface area (Å²) in [5.74, 6) is -1.13. The predicted molar refractivity (Wildman–Crippen MR) is 106 cm³/mol. The van der Waals surface area contributed by atoms with Gasteiger partial charge in [0.25, 0.3) is 0 Å². The van der Waals surface area contributed by atoms with Crippen molar-refractivity contribution in [1.82, 2.24) is 4.57 Å². The SMILES string of the molecule is O=c1c(S(=O)(=O)c2ccccc2)cn(Cc2ccccc2F)c2ccc(F)cc12. The Balaban J connectivity index is 2.00. The number of aromatic nitrogens is 1. The average molecular weight is 411 g/mol. The molecule has 0 bridgehead atoms. The Labute approximate surface area is 165 Å². The van der Waals surface area contributed by atoms with E-state index in [1.165, 1.54) is 41.1 Å². The Morgan fingerprint density at radius 3 is 2.28 bits per heavy atom. The molecule has 1 aromatic heterocycles. The molecule has 7 heteroatoms. The fourth-order valence-corrected chi connectivity index (χ4v) is 4.59. The first-order valence-corrected chi connectivity index (χ1v) is 10.2. The zero-order chi connectivity index (χ0) is 20.6. The molecule has 0 saturated heterocycles. The van der Waals surface area contributed by atoms with Gasteiger partial charge in [0.2, 0.25) is 15.3 Å². The molecule has 0 unspecified atom stereocenters. The van der Waals surface area contributed by atoms with Crippen molar-refractivity contribution in [2.75, 3.05) is 0 Å². The molecule has 3 aromatic carbocycles. The summed E-state index contributed by atoms with van der Waals surface area (Å²) < 4.78 is 55.6. The van der Waals surface area contributed by atoms with Crippen LogP contribution in [0.1, 0.15) is 5.56 Å². The minimum Gasteiger partial charge on any atom is -0.341 e. The molecule has 0 saturated carbocycles. The first-order chi connectivity index (χ1) is 13.9. The van der Waals surface area contributed by atoms with Gasteiger partial charge in [0, 0.05) is 17.1 Å². The number of fused-ring (bicyclic) bond motifs is 1. The van der Waals surface area contributed by atoms with Crippen molar-refractivity contribution in [3.8, 4) is 0 Å². The van der Waals surface area contributed by atoms with Gasteiger partial charge in [0.15, 0.2) is 0 Å². The molecule has 4 nitrogen and oxygen atoms in total. The van der Waals surface area contributed by atoms with Crippen LogP contribution in [0.5, 0.6) is 0 Å². The third-order valence-corrected chi connectivity index (χ3v) is 6.41. The van der Waals surface area contributed by atoms with E-state index in [1.807, 2.05) is 0 Å². The van der Waals surface area contributed by atoms with Gasteiger partial charge in [-0.1, -0.05) is 36.4 Å². The molecule has 29 heavy (non-hydrogen) atoms. The highest BCUT2D eigenvalue weighted by molar-refractivity contribution is 7.91. The van der Waals surface area contributed by atoms with Crippen LogP contribution in [0.2, 0.25) is 0 Å². The molecule has 0 aliphatic heterocycles. The molecular formula is C22H15F2NO3S. The first-order valence-electron chi connectivity index (χ1n) is 8.74. The van der Waals surface area contributed by atoms with E-state index in [2.05, 4.69) is 0 Å². The highest BCUT2D eigenvalue weighted by Crippen LogP contribution is 2.23. The van der Waals surface area contributed by atoms with Crippen molar-refractivity contribution in [3.63, 3.8) is 0 Å². The number of halogens is 2. The molecule has 4 rings (SSSR count). The minimum absolute atomic E-state index is 0.0214. The third kappa shape index (κ3) is 3.45. The number of hydrogen-bond donors (Lipinski definition) is 0. The lowest BCUT2D eigenvalue weighted by molar-refractivity contribution is 0.591. The largest absolute Gasteiger partial charge is 0.341 e. The zero-order valence-corrected chi connectivity index (χ0v) is 15.9. The van der Waals surface area contributed by atoms with Crippen LogP contribution in [0.25, 0.3) is 10.9 Å². The van der Waals surface area contributed by atoms with Crippen molar-refractivity contribution < 1.29 is 17.2 Å². The van der Waals surface area contributed by atoms with Gasteiger partial charge in [-0.05, 0) is 36.4 Å². The summed E-state index contributed by atoms with van der Waals surface area (Å²) in [4.78, 5) is 12.4. The van der Waals surface area contributed by atoms with Crippen LogP contribution in [0.3, 0.4) is 0 Å². The molecular weight excluding hydrogens is 396 g/mol. The van der Waals surface area contributed by atoms with Gasteiger partial charge in [-0.25, -0.2) is 17.2 Å². The number of sulfone groups is 1. The minimum atomic E-state index is -4.15. The van der Waals surface area contributed by atoms with Crippen LogP contribution >= 0.6 is 0 Å². The summed E-state index contributed by atoms with van der Waals surface area (Å²) in [5, 5.41) is -0.0849. The Kier molecular flexibility index (Phi) is 4.76. The highest BCUT2D eigenvalue weighted by atomic mass is 32.2. The number of rotatable bonds is 4. The molecule has 0 aliphatic carbocycles. The van der Waals surface area contributed by atoms with E-state index < -0.39 is 31.8 Å². The Hall–Kier alpha value is -3.32. The average Bonchev–Trinajstić information content (AvgIpc) is 2.72. The molecule has 0 N–H and O–H groups in total. The molecule has 0 atom stereocenters. The third-order valence-electron chi connectivity index (χ3n) is 4.65. The summed E-state index contributed by atoms with van der Waals surface area (Å²) >= 11 is 0. The summed E-state index contributed by atoms with van der Waals surface area (Å²) in [6, 6.07) is 17.1. The second-order valence-electron chi connectivity index (χ2n) is 6.52. The van der Waals surface area contributed by atoms with Crippen molar-refractivity contribution in [2.45, 2.75) is 16.3 Å². The Morgan fingerprint density at radius 1 is 0.862 bits per heavy atom. The smallest absolute Gasteiger partial charge is 0.211 e. The summed E-state index contributed by atoms with van der Waals surface area (Å²) in [6.07, 6.45) is 1.19. The van der Waals surface area contributed by atoms with Gasteiger partial charge in [0.1, 0.15) is 16.5 Å². The molecule has 0 fully saturated rings. The molecule has 0 spiro atoms. The lowest BCUT2D eigenvalue weighted by atomic mass is 10.1. The topological polar surface area (TPSA) is 56.1 Å². The fraction of sp³-hybridized carbons (Fsp3) is 0.0455. The van der Waals surface area contributed by atoms with Crippen molar-refractivity contribution in [1.29, 1.82) is 0 Å². The van der Waals surface area contributed by atoms with E-state index in [-0.39, 0.29) is 16.8 Å². The van der Waals surface area contributed by atoms with E-state index in [0.717, 1.165) is 6.07 Å². The number of benzene rings is 3. The second-order valence-corrected chi connectivity index (χ2v) is 8.44. The van der Waals surface area contributed by atoms with Crippen molar-refractivity contribution in [2.24, 2.45) is 0 Å². The monoisotopic (exact) mass is 411 g/mol. The van der Waals surface area contributed by atoms with Gasteiger partial charge in [-0.2, -0.15) is 0 Å². The van der Waals surface area contributed by atoms with Gasteiger partial charge < -0.3 is 4.57 Å². The van der Waals surface area contributed by atoms with Crippen LogP contribution in [-0.4, -0.2) is 13.0 Å². The van der Waals surface area contributed by atoms with Gasteiger partial charge in [-0.15, -0.1) is 0 Å². The molecule has 4 aromatic rings. The van der Waals surface area contributed by atoms with Crippen LogP contribution in [0, 0.1) is 11.6 Å². The number of nitrogens with zero attached hydrogens (tertiary/aromatic N) is 1. The number of hydrogen-bond acceptors (Lipinski definition) is 3. The standard InChI is InChI=1S/C22H15F2NO3S/c23-16-10-11-20-18(12-16)22(26)21(29(27,28)17-7-2-1-3-8-17)14-25(20)13-15-6-4-5-9-19(15)24/h1-12,14H,13H2. The van der Waals surface area contributed by atoms with Crippen LogP contribution in [-0.2, 0) is 16.4 Å². The zero-order valence-electron chi connectivity index (χ0n) is 15.0. The Bertz CT molecular complexity index is 1380. The maximum absolute atomic E-state index is 14.2. The molecule has 0 amide bonds. The first kappa shape index (κ1) is 19.0. The van der Waals surface area contributed by atoms with E-state index in [1.54, 1.807) is 36.4 Å². The van der Waals surface area contributed by atoms with Gasteiger partial charge >= 0.3 is 0 Å². The molecule has 0 radical (unpaired) electrons. The summed E-state index contributed by atoms with van der Waals surface area (Å²) in [6.45, 7) is -0.0214. The second kappa shape index (κ2) is 7.25. The van der Waals surface area contributed by atoms with E-state index in [9.17, 15) is 22.0 Å². The van der Waals surface area contributed by atoms with Gasteiger partial charge in [-0.3, -0.25) is 4.79 Å². The lowest BCUT2D eigenvalue weighted by Crippen LogP contribution is -2.20. The van der Waals surface area contributed by atoms with Crippen molar-refractivity contribution in [3.05, 3.63) is 106 Å². The fourth-order valence-electron chi connectivity index (χ4n) is 3.20. The van der Waals surface area contributed by atoms with E-state index >= 15 is 0 Å². The van der Waals surface area contributed by atoms with E-state index in [0.29, 0.717) is 11.1 Å². The Morgan fingerprint density at radius 2 is 1.55 bits per heavy atom. The van der Waals surface area contributed by atoms with Crippen LogP contribution < -0.4 is 5.43 Å². The molecule has 1 heterocycles. The predicted octanol–water partition coefficient (Wildman–Crippen LogP) is 4.16. The van der Waals surface area contributed by atoms with Crippen molar-refractivity contribution >= 4 is 20.7 Å². The molecule has 146 valence electrons.